The summed E-state index contributed by atoms with van der Waals surface area (Å²) in [5, 5.41) is 1.66. The number of rotatable bonds is 15. The van der Waals surface area contributed by atoms with Gasteiger partial charge < -0.3 is 0 Å². The molecule has 0 saturated heterocycles. The molecule has 14 heteroatoms. The standard InChI is InChI=1S/C107H68N10O4/c1-67-22-2-18-38-95(67)110-101-60-68(46-50-114(101)66-118)80-23-3-9-29-86(80)74-54-75(87-30-10-4-24-81(87)69-47-51-115-102(61-69)111-96-39-19-15-35-92(96)105(115)119)57-78(56-74)90-33-13-7-27-84(90)72-42-44-99(108-64-72)100-45-43-73(65-109-100)85-28-8-14-34-91(85)79-58-76(88-31-11-5-25-82(88)70-48-52-116-103(62-70)112-97-40-20-16-36-93(97)106(116)120)55-77(59-79)89-32-12-6-26-83(89)71-49-53-117-104(63-71)113-98-41-21-17-37-94(98)107(117)121/h2-66H,1H3/b110-101-. The van der Waals surface area contributed by atoms with Crippen LogP contribution in [0.2, 0.25) is 0 Å². The van der Waals surface area contributed by atoms with Crippen LogP contribution in [0.3, 0.4) is 0 Å². The number of carbonyl (C=O) groups excluding carboxylic acids is 1. The van der Waals surface area contributed by atoms with Gasteiger partial charge in [0.05, 0.1) is 49.8 Å². The van der Waals surface area contributed by atoms with E-state index in [-0.39, 0.29) is 16.7 Å². The first-order valence-corrected chi connectivity index (χ1v) is 39.9. The number of para-hydroxylation sites is 4. The Labute approximate surface area is 692 Å². The maximum Gasteiger partial charge on any atom is 0.265 e. The highest BCUT2D eigenvalue weighted by atomic mass is 16.1. The van der Waals surface area contributed by atoms with E-state index in [0.29, 0.717) is 66.5 Å². The molecule has 121 heavy (non-hydrogen) atoms. The average molecular weight is 1560 g/mol. The van der Waals surface area contributed by atoms with Crippen LogP contribution in [0.25, 0.3) is 195 Å². The number of nitrogens with zero attached hydrogens (tertiary/aromatic N) is 10. The summed E-state index contributed by atoms with van der Waals surface area (Å²) in [5.74, 6) is 0. The van der Waals surface area contributed by atoms with Crippen molar-refractivity contribution >= 4 is 61.7 Å². The lowest BCUT2D eigenvalue weighted by molar-refractivity contribution is 0.545. The summed E-state index contributed by atoms with van der Waals surface area (Å²) >= 11 is 0. The molecular formula is C107H68N10O4. The summed E-state index contributed by atoms with van der Waals surface area (Å²) in [6, 6.07) is 118. The van der Waals surface area contributed by atoms with Gasteiger partial charge in [0.15, 0.2) is 0 Å². The third kappa shape index (κ3) is 13.2. The van der Waals surface area contributed by atoms with Gasteiger partial charge in [0.25, 0.3) is 16.7 Å². The summed E-state index contributed by atoms with van der Waals surface area (Å²) in [5.41, 5.74) is 29.7. The Bertz CT molecular complexity index is 7910. The molecule has 0 aliphatic rings. The summed E-state index contributed by atoms with van der Waals surface area (Å²) in [7, 11) is 0. The van der Waals surface area contributed by atoms with Crippen molar-refractivity contribution in [3.05, 3.63) is 431 Å². The molecule has 9 aromatic heterocycles. The van der Waals surface area contributed by atoms with E-state index < -0.39 is 0 Å². The molecule has 12 aromatic carbocycles. The molecule has 0 saturated carbocycles. The Balaban J connectivity index is 0.650. The van der Waals surface area contributed by atoms with Crippen LogP contribution in [0.15, 0.2) is 408 Å². The highest BCUT2D eigenvalue weighted by Gasteiger charge is 2.22. The lowest BCUT2D eigenvalue weighted by atomic mass is 9.86. The van der Waals surface area contributed by atoms with E-state index in [1.807, 2.05) is 220 Å². The smallest absolute Gasteiger partial charge is 0.265 e. The molecule has 0 N–H and O–H groups in total. The zero-order valence-electron chi connectivity index (χ0n) is 65.1. The van der Waals surface area contributed by atoms with Gasteiger partial charge in [-0.3, -0.25) is 46.9 Å². The summed E-state index contributed by atoms with van der Waals surface area (Å²) in [6.07, 6.45) is 11.9. The molecule has 0 fully saturated rings. The second-order valence-corrected chi connectivity index (χ2v) is 30.2. The number of hydrogen-bond acceptors (Lipinski definition) is 10. The molecular weight excluding hydrogens is 1490 g/mol. The average Bonchev–Trinajstić information content (AvgIpc) is 0.774. The lowest BCUT2D eigenvalue weighted by Crippen LogP contribution is -2.19. The van der Waals surface area contributed by atoms with Crippen molar-refractivity contribution in [1.82, 2.24) is 42.7 Å². The Kier molecular flexibility index (Phi) is 18.0. The minimum absolute atomic E-state index is 0.128. The molecule has 9 heterocycles. The van der Waals surface area contributed by atoms with E-state index in [1.54, 1.807) is 19.4 Å². The topological polar surface area (TPSA) is 163 Å². The van der Waals surface area contributed by atoms with Crippen LogP contribution >= 0.6 is 0 Å². The maximum atomic E-state index is 13.9. The molecule has 21 aromatic rings. The number of benzene rings is 12. The molecule has 0 bridgehead atoms. The first kappa shape index (κ1) is 72.1. The van der Waals surface area contributed by atoms with Crippen molar-refractivity contribution in [2.24, 2.45) is 4.99 Å². The second kappa shape index (κ2) is 30.2. The Morgan fingerprint density at radius 3 is 0.843 bits per heavy atom. The first-order chi connectivity index (χ1) is 59.6. The van der Waals surface area contributed by atoms with Crippen molar-refractivity contribution in [1.29, 1.82) is 0 Å². The van der Waals surface area contributed by atoms with Crippen LogP contribution < -0.4 is 22.2 Å². The number of pyridine rings is 6. The van der Waals surface area contributed by atoms with Gasteiger partial charge in [0.2, 0.25) is 6.41 Å². The van der Waals surface area contributed by atoms with E-state index in [2.05, 4.69) is 170 Å². The molecule has 570 valence electrons. The molecule has 0 radical (unpaired) electrons. The van der Waals surface area contributed by atoms with Crippen molar-refractivity contribution in [2.45, 2.75) is 6.92 Å². The predicted molar refractivity (Wildman–Crippen MR) is 487 cm³/mol. The van der Waals surface area contributed by atoms with E-state index in [1.165, 1.54) is 4.57 Å². The Morgan fingerprint density at radius 2 is 0.537 bits per heavy atom. The van der Waals surface area contributed by atoms with Gasteiger partial charge in [-0.25, -0.2) is 19.9 Å². The summed E-state index contributed by atoms with van der Waals surface area (Å²) in [4.78, 5) is 84.5. The zero-order chi connectivity index (χ0) is 81.2. The minimum Gasteiger partial charge on any atom is -0.278 e. The van der Waals surface area contributed by atoms with E-state index in [4.69, 9.17) is 29.9 Å². The van der Waals surface area contributed by atoms with Crippen LogP contribution in [0.4, 0.5) is 5.69 Å². The van der Waals surface area contributed by atoms with Crippen LogP contribution in [-0.2, 0) is 4.79 Å². The van der Waals surface area contributed by atoms with Gasteiger partial charge in [-0.2, -0.15) is 0 Å². The van der Waals surface area contributed by atoms with Crippen LogP contribution in [0, 0.1) is 6.92 Å². The highest BCUT2D eigenvalue weighted by molar-refractivity contribution is 5.98. The molecule has 21 rings (SSSR count). The van der Waals surface area contributed by atoms with Crippen LogP contribution in [-0.4, -0.2) is 49.1 Å². The number of aromatic nitrogens is 9. The molecule has 0 atom stereocenters. The summed E-state index contributed by atoms with van der Waals surface area (Å²) in [6.45, 7) is 2.01. The molecule has 0 aliphatic heterocycles. The predicted octanol–water partition coefficient (Wildman–Crippen LogP) is 23.0. The van der Waals surface area contributed by atoms with Gasteiger partial charge in [-0.15, -0.1) is 0 Å². The Hall–Kier alpha value is -16.6. The Morgan fingerprint density at radius 1 is 0.264 bits per heavy atom. The first-order valence-electron chi connectivity index (χ1n) is 39.9. The molecule has 0 aliphatic carbocycles. The molecule has 0 unspecified atom stereocenters. The van der Waals surface area contributed by atoms with Crippen molar-refractivity contribution < 1.29 is 4.79 Å². The van der Waals surface area contributed by atoms with Crippen molar-refractivity contribution in [3.63, 3.8) is 0 Å². The second-order valence-electron chi connectivity index (χ2n) is 30.2. The number of fused-ring (bicyclic) bond motifs is 6. The summed E-state index contributed by atoms with van der Waals surface area (Å²) < 4.78 is 6.33. The lowest BCUT2D eigenvalue weighted by Gasteiger charge is -2.18. The van der Waals surface area contributed by atoms with E-state index in [9.17, 15) is 19.2 Å². The minimum atomic E-state index is -0.129. The quantitative estimate of drug-likeness (QED) is 0.0718. The molecule has 0 spiro atoms. The van der Waals surface area contributed by atoms with Crippen LogP contribution in [0.5, 0.6) is 0 Å². The molecule has 0 amide bonds. The maximum absolute atomic E-state index is 13.9. The third-order valence-corrected chi connectivity index (χ3v) is 22.9. The van der Waals surface area contributed by atoms with Gasteiger partial charge in [-0.1, -0.05) is 212 Å². The third-order valence-electron chi connectivity index (χ3n) is 22.9. The largest absolute Gasteiger partial charge is 0.278 e. The normalized spacial score (nSPS) is 11.7. The van der Waals surface area contributed by atoms with Crippen LogP contribution in [0.1, 0.15) is 5.56 Å². The fourth-order valence-electron chi connectivity index (χ4n) is 16.9. The van der Waals surface area contributed by atoms with Crippen molar-refractivity contribution in [3.8, 4) is 145 Å². The number of hydrogen-bond donors (Lipinski definition) is 0. The number of carbonyl (C=O) groups is 1. The molecule has 14 nitrogen and oxygen atoms in total. The highest BCUT2D eigenvalue weighted by Crippen LogP contribution is 2.46. The fraction of sp³-hybridized carbons (Fsp3) is 0.00935. The monoisotopic (exact) mass is 1560 g/mol. The van der Waals surface area contributed by atoms with Gasteiger partial charge in [0.1, 0.15) is 22.4 Å². The van der Waals surface area contributed by atoms with Gasteiger partial charge >= 0.3 is 0 Å². The van der Waals surface area contributed by atoms with Gasteiger partial charge in [0, 0.05) is 48.3 Å². The fourth-order valence-corrected chi connectivity index (χ4v) is 16.9. The van der Waals surface area contributed by atoms with E-state index >= 15 is 0 Å². The SMILES string of the molecule is Cc1ccccc1/N=c1/cc(-c2ccccc2-c2cc(-c3ccccc3-c3ccc(-c4ccc(-c5ccccc5-c5cc(-c6ccccc6-c6ccn7c(=O)c8ccccc8nc7c6)cc(-c6ccccc6-c6ccn7c(=O)c8ccccc8nc7c6)c5)cn4)nc3)cc(-c3ccccc3-c3ccn4c(=O)c5ccccc5nc4c3)c2)ccn1C=O. The van der Waals surface area contributed by atoms with E-state index in [0.717, 1.165) is 151 Å². The number of aryl methyl sites for hydroxylation is 1. The van der Waals surface area contributed by atoms with Gasteiger partial charge in [-0.05, 0) is 274 Å². The zero-order valence-corrected chi connectivity index (χ0v) is 65.1. The van der Waals surface area contributed by atoms with Crippen molar-refractivity contribution in [2.75, 3.05) is 0 Å².